The van der Waals surface area contributed by atoms with E-state index >= 15 is 0 Å². The fourth-order valence-electron chi connectivity index (χ4n) is 3.58. The molecule has 35 heavy (non-hydrogen) atoms. The molecule has 2 aromatic carbocycles. The number of alkyl halides is 6. The van der Waals surface area contributed by atoms with Gasteiger partial charge >= 0.3 is 18.4 Å². The number of carbonyl (C=O) groups excluding carboxylic acids is 1. The second kappa shape index (κ2) is 10.1. The predicted octanol–water partition coefficient (Wildman–Crippen LogP) is 6.19. The number of amides is 2. The molecule has 0 spiro atoms. The molecule has 0 aromatic heterocycles. The van der Waals surface area contributed by atoms with Crippen LogP contribution in [0.4, 0.5) is 31.1 Å². The lowest BCUT2D eigenvalue weighted by Crippen LogP contribution is -2.43. The van der Waals surface area contributed by atoms with Gasteiger partial charge in [-0.15, -0.1) is 0 Å². The van der Waals surface area contributed by atoms with Crippen molar-refractivity contribution < 1.29 is 31.1 Å². The maximum absolute atomic E-state index is 14.2. The third kappa shape index (κ3) is 6.46. The molecule has 188 valence electrons. The molecule has 2 amide bonds. The van der Waals surface area contributed by atoms with E-state index in [1.807, 2.05) is 5.43 Å². The Hall–Kier alpha value is -2.79. The van der Waals surface area contributed by atoms with Crippen molar-refractivity contribution in [2.24, 2.45) is 10.1 Å². The minimum Gasteiger partial charge on any atom is -0.328 e. The van der Waals surface area contributed by atoms with Gasteiger partial charge in [0.2, 0.25) is 0 Å². The van der Waals surface area contributed by atoms with Gasteiger partial charge in [0.15, 0.2) is 0 Å². The van der Waals surface area contributed by atoms with E-state index in [-0.39, 0.29) is 21.3 Å². The molecule has 0 fully saturated rings. The summed E-state index contributed by atoms with van der Waals surface area (Å²) in [5, 5.41) is 5.36. The standard InChI is InChI=1S/C22H18Cl2F6N4O/c1-12-4-13(2-3-14(12)9-33-34-19(35)32-11-21(25,26)27)18-8-20(10-31-18,22(28,29)30)15-5-16(23)7-17(24)6-15/h2-7,9H,8,10-11H2,1H3,(H2,32,34,35). The van der Waals surface area contributed by atoms with E-state index in [2.05, 4.69) is 10.1 Å². The topological polar surface area (TPSA) is 65.8 Å². The van der Waals surface area contributed by atoms with Crippen molar-refractivity contribution in [2.45, 2.75) is 31.1 Å². The molecule has 0 bridgehead atoms. The zero-order valence-electron chi connectivity index (χ0n) is 18.0. The number of urea groups is 1. The molecule has 2 aromatic rings. The number of hydrogen-bond donors (Lipinski definition) is 2. The Kier molecular flexibility index (Phi) is 7.71. The molecule has 1 aliphatic rings. The minimum atomic E-state index is -4.62. The number of halogens is 8. The van der Waals surface area contributed by atoms with Crippen LogP contribution in [0.3, 0.4) is 0 Å². The van der Waals surface area contributed by atoms with Gasteiger partial charge in [-0.2, -0.15) is 31.4 Å². The monoisotopic (exact) mass is 538 g/mol. The number of hydrogen-bond acceptors (Lipinski definition) is 3. The SMILES string of the molecule is Cc1cc(C2=NCC(c3cc(Cl)cc(Cl)c3)(C(F)(F)F)C2)ccc1C=NNC(=O)NCC(F)(F)F. The van der Waals surface area contributed by atoms with Crippen molar-refractivity contribution in [1.29, 1.82) is 0 Å². The number of aliphatic imine (C=N–C) groups is 1. The first-order chi connectivity index (χ1) is 16.2. The highest BCUT2D eigenvalue weighted by molar-refractivity contribution is 6.34. The van der Waals surface area contributed by atoms with Crippen molar-refractivity contribution in [2.75, 3.05) is 13.1 Å². The van der Waals surface area contributed by atoms with E-state index in [0.717, 1.165) is 0 Å². The molecule has 1 heterocycles. The number of nitrogens with one attached hydrogen (secondary N) is 2. The van der Waals surface area contributed by atoms with Crippen LogP contribution in [0.15, 0.2) is 46.5 Å². The van der Waals surface area contributed by atoms with Gasteiger partial charge in [0.25, 0.3) is 0 Å². The van der Waals surface area contributed by atoms with Crippen molar-refractivity contribution in [3.8, 4) is 0 Å². The molecule has 0 saturated carbocycles. The van der Waals surface area contributed by atoms with Crippen molar-refractivity contribution >= 4 is 41.2 Å². The largest absolute Gasteiger partial charge is 0.405 e. The van der Waals surface area contributed by atoms with E-state index in [1.165, 1.54) is 24.4 Å². The Morgan fingerprint density at radius 1 is 1.11 bits per heavy atom. The van der Waals surface area contributed by atoms with E-state index < -0.39 is 43.3 Å². The molecule has 2 N–H and O–H groups in total. The van der Waals surface area contributed by atoms with Crippen LogP contribution in [0, 0.1) is 6.92 Å². The molecule has 0 aliphatic carbocycles. The van der Waals surface area contributed by atoms with Crippen LogP contribution in [-0.2, 0) is 5.41 Å². The van der Waals surface area contributed by atoms with E-state index in [9.17, 15) is 31.1 Å². The van der Waals surface area contributed by atoms with Crippen molar-refractivity contribution in [1.82, 2.24) is 10.7 Å². The summed E-state index contributed by atoms with van der Waals surface area (Å²) >= 11 is 11.9. The molecule has 1 atom stereocenters. The molecular formula is C22H18Cl2F6N4O. The van der Waals surface area contributed by atoms with Crippen LogP contribution in [-0.4, -0.2) is 43.4 Å². The Morgan fingerprint density at radius 2 is 1.77 bits per heavy atom. The molecule has 1 aliphatic heterocycles. The Balaban J connectivity index is 1.75. The quantitative estimate of drug-likeness (QED) is 0.266. The first kappa shape index (κ1) is 26.8. The molecule has 0 radical (unpaired) electrons. The first-order valence-electron chi connectivity index (χ1n) is 10.0. The Bertz CT molecular complexity index is 1160. The van der Waals surface area contributed by atoms with Gasteiger partial charge in [0, 0.05) is 22.2 Å². The highest BCUT2D eigenvalue weighted by Crippen LogP contribution is 2.48. The molecule has 1 unspecified atom stereocenters. The molecule has 5 nitrogen and oxygen atoms in total. The van der Waals surface area contributed by atoms with Gasteiger partial charge in [-0.1, -0.05) is 35.3 Å². The number of hydrazone groups is 1. The number of aryl methyl sites for hydroxylation is 1. The maximum atomic E-state index is 14.2. The minimum absolute atomic E-state index is 0.0726. The van der Waals surface area contributed by atoms with Crippen LogP contribution in [0.5, 0.6) is 0 Å². The number of carbonyl (C=O) groups is 1. The molecular weight excluding hydrogens is 521 g/mol. The normalized spacial score (nSPS) is 18.6. The van der Waals surface area contributed by atoms with Gasteiger partial charge in [-0.25, -0.2) is 10.2 Å². The third-order valence-corrected chi connectivity index (χ3v) is 5.83. The lowest BCUT2D eigenvalue weighted by molar-refractivity contribution is -0.183. The molecule has 3 rings (SSSR count). The lowest BCUT2D eigenvalue weighted by atomic mass is 9.76. The van der Waals surface area contributed by atoms with Crippen molar-refractivity contribution in [3.63, 3.8) is 0 Å². The summed E-state index contributed by atoms with van der Waals surface area (Å²) in [5.74, 6) is 0. The van der Waals surface area contributed by atoms with Crippen LogP contribution < -0.4 is 10.7 Å². The van der Waals surface area contributed by atoms with Crippen LogP contribution in [0.25, 0.3) is 0 Å². The zero-order valence-corrected chi connectivity index (χ0v) is 19.5. The number of nitrogens with zero attached hydrogens (tertiary/aromatic N) is 2. The number of rotatable bonds is 5. The van der Waals surface area contributed by atoms with Crippen molar-refractivity contribution in [3.05, 3.63) is 68.7 Å². The summed E-state index contributed by atoms with van der Waals surface area (Å²) in [6, 6.07) is 7.40. The smallest absolute Gasteiger partial charge is 0.328 e. The van der Waals surface area contributed by atoms with E-state index in [1.54, 1.807) is 30.4 Å². The summed E-state index contributed by atoms with van der Waals surface area (Å²) in [6.45, 7) is -0.370. The van der Waals surface area contributed by atoms with Gasteiger partial charge < -0.3 is 5.32 Å². The fraction of sp³-hybridized carbons (Fsp3) is 0.318. The second-order valence-electron chi connectivity index (χ2n) is 7.92. The molecule has 0 saturated heterocycles. The second-order valence-corrected chi connectivity index (χ2v) is 8.79. The van der Waals surface area contributed by atoms with E-state index in [0.29, 0.717) is 16.7 Å². The average Bonchev–Trinajstić information content (AvgIpc) is 3.19. The summed E-state index contributed by atoms with van der Waals surface area (Å²) in [7, 11) is 0. The summed E-state index contributed by atoms with van der Waals surface area (Å²) in [4.78, 5) is 15.5. The highest BCUT2D eigenvalue weighted by Gasteiger charge is 2.58. The predicted molar refractivity (Wildman–Crippen MR) is 122 cm³/mol. The summed E-state index contributed by atoms with van der Waals surface area (Å²) in [5.41, 5.74) is 1.36. The maximum Gasteiger partial charge on any atom is 0.405 e. The van der Waals surface area contributed by atoms with Gasteiger partial charge in [-0.05, 0) is 53.4 Å². The van der Waals surface area contributed by atoms with Crippen LogP contribution in [0.1, 0.15) is 28.7 Å². The van der Waals surface area contributed by atoms with Gasteiger partial charge in [-0.3, -0.25) is 4.99 Å². The van der Waals surface area contributed by atoms with Crippen LogP contribution in [0.2, 0.25) is 10.0 Å². The fourth-order valence-corrected chi connectivity index (χ4v) is 4.10. The zero-order chi connectivity index (χ0) is 26.0. The first-order valence-corrected chi connectivity index (χ1v) is 10.8. The lowest BCUT2D eigenvalue weighted by Gasteiger charge is -2.31. The Labute approximate surface area is 206 Å². The summed E-state index contributed by atoms with van der Waals surface area (Å²) < 4.78 is 79.0. The van der Waals surface area contributed by atoms with Gasteiger partial charge in [0.05, 0.1) is 12.8 Å². The highest BCUT2D eigenvalue weighted by atomic mass is 35.5. The summed E-state index contributed by atoms with van der Waals surface area (Å²) in [6.07, 6.45) is -8.39. The van der Waals surface area contributed by atoms with Crippen LogP contribution >= 0.6 is 23.2 Å². The molecule has 13 heteroatoms. The Morgan fingerprint density at radius 3 is 2.34 bits per heavy atom. The third-order valence-electron chi connectivity index (χ3n) is 5.39. The van der Waals surface area contributed by atoms with E-state index in [4.69, 9.17) is 23.2 Å². The van der Waals surface area contributed by atoms with Gasteiger partial charge in [0.1, 0.15) is 12.0 Å². The average molecular weight is 539 g/mol. The number of benzene rings is 2.